The smallest absolute Gasteiger partial charge is 0.302 e. The molecule has 4 atom stereocenters. The minimum Gasteiger partial charge on any atom is -0.462 e. The summed E-state index contributed by atoms with van der Waals surface area (Å²) >= 11 is 0. The molecule has 3 rings (SSSR count). The van der Waals surface area contributed by atoms with Gasteiger partial charge in [0.05, 0.1) is 5.60 Å². The quantitative estimate of drug-likeness (QED) is 0.105. The van der Waals surface area contributed by atoms with E-state index in [1.165, 1.54) is 6.92 Å². The van der Waals surface area contributed by atoms with E-state index in [4.69, 9.17) is 9.47 Å². The molecule has 2 saturated carbocycles. The third kappa shape index (κ3) is 9.39. The number of epoxide rings is 1. The van der Waals surface area contributed by atoms with Crippen LogP contribution in [0.15, 0.2) is 94.7 Å². The molecule has 6 nitrogen and oxygen atoms in total. The van der Waals surface area contributed by atoms with Gasteiger partial charge >= 0.3 is 5.97 Å². The van der Waals surface area contributed by atoms with Gasteiger partial charge in [0.2, 0.25) is 0 Å². The summed E-state index contributed by atoms with van der Waals surface area (Å²) in [5.41, 5.74) is 1.97. The second-order valence-corrected chi connectivity index (χ2v) is 15.6. The number of fused-ring (bicyclic) bond motifs is 1. The molecule has 1 heterocycles. The SMILES string of the molecule is CC(=O)OC1CC(C)(C)/C(=C/C(C)=C/C=C/C(C)=C/C=C/C=C(C)/C=C/C=C(\C)C(=O)CC23OC2(C)CC(=O)CC3(C)C)[C@@](C)(O)C1. The number of Topliss-reactive ketones (excluding diaryl/α,β-unsaturated/α-hetero) is 2. The zero-order valence-corrected chi connectivity index (χ0v) is 30.5. The van der Waals surface area contributed by atoms with E-state index in [1.54, 1.807) is 6.92 Å². The number of hydrogen-bond acceptors (Lipinski definition) is 6. The summed E-state index contributed by atoms with van der Waals surface area (Å²) in [6.07, 6.45) is 23.7. The summed E-state index contributed by atoms with van der Waals surface area (Å²) in [6.45, 7) is 21.3. The summed E-state index contributed by atoms with van der Waals surface area (Å²) in [7, 11) is 0. The summed E-state index contributed by atoms with van der Waals surface area (Å²) in [5.74, 6) is -0.0591. The van der Waals surface area contributed by atoms with Gasteiger partial charge in [0.25, 0.3) is 0 Å². The number of carbonyl (C=O) groups is 3. The van der Waals surface area contributed by atoms with Gasteiger partial charge in [-0.15, -0.1) is 0 Å². The number of esters is 1. The van der Waals surface area contributed by atoms with Crippen LogP contribution in [0.3, 0.4) is 0 Å². The number of ether oxygens (including phenoxy) is 2. The fraction of sp³-hybridized carbons (Fsp3) is 0.537. The van der Waals surface area contributed by atoms with Gasteiger partial charge in [-0.1, -0.05) is 111 Å². The van der Waals surface area contributed by atoms with Crippen LogP contribution in [0, 0.1) is 10.8 Å². The number of carbonyl (C=O) groups excluding carboxylic acids is 3. The summed E-state index contributed by atoms with van der Waals surface area (Å²) in [4.78, 5) is 36.7. The van der Waals surface area contributed by atoms with Crippen LogP contribution < -0.4 is 0 Å². The standard InChI is InChI=1S/C41H56O6/c1-28(18-14-20-30(3)22-36-37(6,7)25-34(46-32(5)42)26-39(36,10)45)16-12-13-17-29(2)19-15-21-31(4)35(44)27-41-38(8,9)23-33(43)24-40(41,11)47-41/h12-22,34,45H,23-27H2,1-11H3/b13-12+,18-14+,19-15+,28-16+,29-17+,30-20+,31-21+,36-22-/t34?,39-,40?,41?/m0/s1. The van der Waals surface area contributed by atoms with E-state index in [9.17, 15) is 19.5 Å². The van der Waals surface area contributed by atoms with Crippen LogP contribution in [0.2, 0.25) is 0 Å². The second kappa shape index (κ2) is 14.4. The minimum atomic E-state index is -1.06. The zero-order chi connectivity index (χ0) is 35.4. The highest BCUT2D eigenvalue weighted by Crippen LogP contribution is 2.66. The van der Waals surface area contributed by atoms with Gasteiger partial charge in [0, 0.05) is 38.0 Å². The highest BCUT2D eigenvalue weighted by atomic mass is 16.6. The maximum Gasteiger partial charge on any atom is 0.302 e. The highest BCUT2D eigenvalue weighted by Gasteiger charge is 2.76. The van der Waals surface area contributed by atoms with Crippen molar-refractivity contribution in [1.29, 1.82) is 0 Å². The van der Waals surface area contributed by atoms with Crippen molar-refractivity contribution in [3.05, 3.63) is 94.7 Å². The molecule has 3 unspecified atom stereocenters. The first-order chi connectivity index (χ1) is 21.6. The molecule has 3 aliphatic rings. The lowest BCUT2D eigenvalue weighted by atomic mass is 9.62. The summed E-state index contributed by atoms with van der Waals surface area (Å²) < 4.78 is 11.6. The lowest BCUT2D eigenvalue weighted by molar-refractivity contribution is -0.152. The van der Waals surface area contributed by atoms with Crippen molar-refractivity contribution >= 4 is 17.5 Å². The summed E-state index contributed by atoms with van der Waals surface area (Å²) in [5, 5.41) is 11.2. The molecule has 1 aliphatic heterocycles. The molecule has 1 saturated heterocycles. The molecule has 2 aliphatic carbocycles. The maximum absolute atomic E-state index is 13.1. The van der Waals surface area contributed by atoms with Crippen LogP contribution in [0.1, 0.15) is 108 Å². The average molecular weight is 645 g/mol. The fourth-order valence-electron chi connectivity index (χ4n) is 7.59. The molecule has 0 spiro atoms. The molecular weight excluding hydrogens is 588 g/mol. The van der Waals surface area contributed by atoms with Crippen molar-refractivity contribution in [3.63, 3.8) is 0 Å². The minimum absolute atomic E-state index is 0.0526. The Labute approximate surface area is 282 Å². The Kier molecular flexibility index (Phi) is 11.7. The Morgan fingerprint density at radius 1 is 0.809 bits per heavy atom. The predicted octanol–water partition coefficient (Wildman–Crippen LogP) is 8.75. The van der Waals surface area contributed by atoms with Crippen LogP contribution in [-0.4, -0.2) is 45.5 Å². The van der Waals surface area contributed by atoms with Gasteiger partial charge in [-0.2, -0.15) is 0 Å². The van der Waals surface area contributed by atoms with Gasteiger partial charge in [-0.25, -0.2) is 0 Å². The van der Waals surface area contributed by atoms with Crippen LogP contribution >= 0.6 is 0 Å². The molecule has 0 aromatic heterocycles. The van der Waals surface area contributed by atoms with Gasteiger partial charge in [0.15, 0.2) is 5.78 Å². The Bertz CT molecular complexity index is 1480. The third-order valence-corrected chi connectivity index (χ3v) is 9.96. The predicted molar refractivity (Wildman–Crippen MR) is 190 cm³/mol. The second-order valence-electron chi connectivity index (χ2n) is 15.6. The van der Waals surface area contributed by atoms with E-state index < -0.39 is 16.8 Å². The molecule has 0 radical (unpaired) electrons. The third-order valence-electron chi connectivity index (χ3n) is 9.96. The monoisotopic (exact) mass is 644 g/mol. The molecule has 0 aromatic rings. The Hall–Kier alpha value is -3.35. The lowest BCUT2D eigenvalue weighted by Gasteiger charge is -2.46. The Morgan fingerprint density at radius 2 is 1.36 bits per heavy atom. The van der Waals surface area contributed by atoms with Crippen molar-refractivity contribution in [3.8, 4) is 0 Å². The Morgan fingerprint density at radius 3 is 1.89 bits per heavy atom. The van der Waals surface area contributed by atoms with Crippen molar-refractivity contribution in [2.75, 3.05) is 0 Å². The van der Waals surface area contributed by atoms with Crippen LogP contribution in [0.5, 0.6) is 0 Å². The normalized spacial score (nSPS) is 32.4. The topological polar surface area (TPSA) is 93.2 Å². The van der Waals surface area contributed by atoms with E-state index in [2.05, 4.69) is 19.9 Å². The number of ketones is 2. The van der Waals surface area contributed by atoms with Crippen molar-refractivity contribution in [2.24, 2.45) is 10.8 Å². The molecular formula is C41H56O6. The first-order valence-electron chi connectivity index (χ1n) is 16.7. The molecule has 256 valence electrons. The van der Waals surface area contributed by atoms with E-state index in [0.29, 0.717) is 37.7 Å². The molecule has 0 bridgehead atoms. The van der Waals surface area contributed by atoms with E-state index >= 15 is 0 Å². The van der Waals surface area contributed by atoms with Crippen molar-refractivity contribution in [1.82, 2.24) is 0 Å². The average Bonchev–Trinajstić information content (AvgIpc) is 3.52. The van der Waals surface area contributed by atoms with Gasteiger partial charge < -0.3 is 14.6 Å². The highest BCUT2D eigenvalue weighted by molar-refractivity contribution is 5.97. The largest absolute Gasteiger partial charge is 0.462 e. The van der Waals surface area contributed by atoms with Gasteiger partial charge in [-0.05, 0) is 64.5 Å². The molecule has 6 heteroatoms. The lowest BCUT2D eigenvalue weighted by Crippen LogP contribution is -2.47. The zero-order valence-electron chi connectivity index (χ0n) is 30.5. The van der Waals surface area contributed by atoms with Crippen LogP contribution in [-0.2, 0) is 23.9 Å². The molecule has 1 N–H and O–H groups in total. The van der Waals surface area contributed by atoms with E-state index in [0.717, 1.165) is 22.3 Å². The Balaban J connectivity index is 1.54. The number of allylic oxidation sites excluding steroid dienone is 15. The van der Waals surface area contributed by atoms with Crippen molar-refractivity contribution < 1.29 is 29.0 Å². The van der Waals surface area contributed by atoms with Crippen LogP contribution in [0.25, 0.3) is 0 Å². The fourth-order valence-corrected chi connectivity index (χ4v) is 7.59. The number of rotatable bonds is 11. The molecule has 0 amide bonds. The van der Waals surface area contributed by atoms with Crippen LogP contribution in [0.4, 0.5) is 0 Å². The van der Waals surface area contributed by atoms with E-state index in [-0.39, 0.29) is 34.5 Å². The first-order valence-corrected chi connectivity index (χ1v) is 16.7. The molecule has 0 aromatic carbocycles. The molecule has 47 heavy (non-hydrogen) atoms. The van der Waals surface area contributed by atoms with Crippen molar-refractivity contribution in [2.45, 2.75) is 131 Å². The first kappa shape index (κ1) is 38.1. The van der Waals surface area contributed by atoms with E-state index in [1.807, 2.05) is 109 Å². The van der Waals surface area contributed by atoms with Gasteiger partial charge in [0.1, 0.15) is 23.1 Å². The number of hydrogen-bond donors (Lipinski definition) is 1. The summed E-state index contributed by atoms with van der Waals surface area (Å²) in [6, 6.07) is 0. The van der Waals surface area contributed by atoms with Gasteiger partial charge in [-0.3, -0.25) is 14.4 Å². The molecule has 3 fully saturated rings. The maximum atomic E-state index is 13.1. The number of aliphatic hydroxyl groups is 1.